The van der Waals surface area contributed by atoms with Crippen LogP contribution in [-0.2, 0) is 19.1 Å². The van der Waals surface area contributed by atoms with Crippen LogP contribution in [0.2, 0.25) is 0 Å². The summed E-state index contributed by atoms with van der Waals surface area (Å²) in [7, 11) is 1.27. The number of methoxy groups -OCH3 is 1. The number of carbonyl (C=O) groups excluding carboxylic acids is 3. The maximum absolute atomic E-state index is 12.0. The summed E-state index contributed by atoms with van der Waals surface area (Å²) >= 11 is 0. The molecule has 2 rings (SSSR count). The van der Waals surface area contributed by atoms with E-state index in [1.54, 1.807) is 24.3 Å². The first-order valence-electron chi connectivity index (χ1n) is 6.95. The van der Waals surface area contributed by atoms with Gasteiger partial charge in [0.1, 0.15) is 6.61 Å². The van der Waals surface area contributed by atoms with Crippen LogP contribution in [0.15, 0.2) is 30.3 Å². The molecule has 0 spiro atoms. The molecule has 0 radical (unpaired) electrons. The second-order valence-corrected chi connectivity index (χ2v) is 4.79. The summed E-state index contributed by atoms with van der Waals surface area (Å²) in [6.45, 7) is 1.08. The van der Waals surface area contributed by atoms with Crippen molar-refractivity contribution in [2.45, 2.75) is 12.5 Å². The van der Waals surface area contributed by atoms with Crippen molar-refractivity contribution in [1.82, 2.24) is 10.2 Å². The lowest BCUT2D eigenvalue weighted by Crippen LogP contribution is -2.37. The van der Waals surface area contributed by atoms with Crippen LogP contribution < -0.4 is 5.32 Å². The van der Waals surface area contributed by atoms with E-state index >= 15 is 0 Å². The third-order valence-corrected chi connectivity index (χ3v) is 3.33. The summed E-state index contributed by atoms with van der Waals surface area (Å²) in [4.78, 5) is 36.6. The molecule has 22 heavy (non-hydrogen) atoms. The van der Waals surface area contributed by atoms with E-state index in [-0.39, 0.29) is 18.9 Å². The van der Waals surface area contributed by atoms with Gasteiger partial charge in [-0.2, -0.15) is 0 Å². The lowest BCUT2D eigenvalue weighted by Gasteiger charge is -2.18. The van der Waals surface area contributed by atoms with Crippen molar-refractivity contribution >= 4 is 18.0 Å². The van der Waals surface area contributed by atoms with Gasteiger partial charge in [-0.1, -0.05) is 30.3 Å². The predicted octanol–water partition coefficient (Wildman–Crippen LogP) is 0.859. The molecule has 1 heterocycles. The first-order valence-corrected chi connectivity index (χ1v) is 6.95. The second-order valence-electron chi connectivity index (χ2n) is 4.79. The van der Waals surface area contributed by atoms with Crippen molar-refractivity contribution in [1.29, 1.82) is 0 Å². The Kier molecular flexibility index (Phi) is 5.35. The Hall–Kier alpha value is -2.57. The Morgan fingerprint density at radius 1 is 1.36 bits per heavy atom. The van der Waals surface area contributed by atoms with Crippen molar-refractivity contribution in [2.75, 3.05) is 26.8 Å². The molecule has 1 fully saturated rings. The molecular weight excluding hydrogens is 288 g/mol. The molecule has 1 aromatic carbocycles. The summed E-state index contributed by atoms with van der Waals surface area (Å²) in [6, 6.07) is 7.98. The van der Waals surface area contributed by atoms with Gasteiger partial charge < -0.3 is 19.7 Å². The largest absolute Gasteiger partial charge is 0.467 e. The van der Waals surface area contributed by atoms with E-state index in [2.05, 4.69) is 5.32 Å². The number of ether oxygens (including phenoxy) is 2. The van der Waals surface area contributed by atoms with Gasteiger partial charge in [-0.15, -0.1) is 0 Å². The van der Waals surface area contributed by atoms with Crippen molar-refractivity contribution in [3.8, 4) is 0 Å². The van der Waals surface area contributed by atoms with Gasteiger partial charge >= 0.3 is 12.1 Å². The number of esters is 1. The highest BCUT2D eigenvalue weighted by Gasteiger charge is 2.25. The molecule has 0 unspecified atom stereocenters. The van der Waals surface area contributed by atoms with Crippen molar-refractivity contribution in [3.05, 3.63) is 35.9 Å². The third kappa shape index (κ3) is 3.97. The fourth-order valence-corrected chi connectivity index (χ4v) is 2.14. The van der Waals surface area contributed by atoms with Crippen LogP contribution in [0.5, 0.6) is 0 Å². The molecule has 0 aromatic heterocycles. The average molecular weight is 306 g/mol. The van der Waals surface area contributed by atoms with Gasteiger partial charge in [-0.05, 0) is 5.56 Å². The number of hydrogen-bond acceptors (Lipinski definition) is 5. The van der Waals surface area contributed by atoms with Gasteiger partial charge in [0, 0.05) is 13.0 Å². The molecule has 1 aliphatic rings. The number of rotatable bonds is 6. The molecule has 1 aromatic rings. The van der Waals surface area contributed by atoms with Gasteiger partial charge in [0.25, 0.3) is 0 Å². The number of benzene rings is 1. The van der Waals surface area contributed by atoms with Gasteiger partial charge in [-0.3, -0.25) is 4.79 Å². The smallest absolute Gasteiger partial charge is 0.409 e. The van der Waals surface area contributed by atoms with E-state index in [0.717, 1.165) is 0 Å². The SMILES string of the molecule is COC(=O)[C@@H](NC(=O)CCN1CCOC1=O)c1ccccc1. The summed E-state index contributed by atoms with van der Waals surface area (Å²) in [6.07, 6.45) is -0.324. The van der Waals surface area contributed by atoms with Crippen LogP contribution in [0.4, 0.5) is 4.79 Å². The highest BCUT2D eigenvalue weighted by Crippen LogP contribution is 2.14. The molecule has 1 aliphatic heterocycles. The zero-order valence-corrected chi connectivity index (χ0v) is 12.3. The van der Waals surface area contributed by atoms with Crippen LogP contribution in [0.3, 0.4) is 0 Å². The number of cyclic esters (lactones) is 1. The van der Waals surface area contributed by atoms with E-state index in [9.17, 15) is 14.4 Å². The molecule has 0 bridgehead atoms. The fraction of sp³-hybridized carbons (Fsp3) is 0.400. The van der Waals surface area contributed by atoms with Crippen LogP contribution in [0.25, 0.3) is 0 Å². The molecule has 1 atom stereocenters. The standard InChI is InChI=1S/C15H18N2O5/c1-21-14(19)13(11-5-3-2-4-6-11)16-12(18)7-8-17-9-10-22-15(17)20/h2-6,13H,7-10H2,1H3,(H,16,18)/t13-/m0/s1. The summed E-state index contributed by atoms with van der Waals surface area (Å²) in [5, 5.41) is 2.63. The van der Waals surface area contributed by atoms with Crippen molar-refractivity contribution in [3.63, 3.8) is 0 Å². The minimum Gasteiger partial charge on any atom is -0.467 e. The highest BCUT2D eigenvalue weighted by atomic mass is 16.6. The van der Waals surface area contributed by atoms with E-state index in [0.29, 0.717) is 18.7 Å². The number of nitrogens with zero attached hydrogens (tertiary/aromatic N) is 1. The van der Waals surface area contributed by atoms with Crippen LogP contribution >= 0.6 is 0 Å². The Balaban J connectivity index is 1.93. The maximum atomic E-state index is 12.0. The zero-order valence-electron chi connectivity index (χ0n) is 12.3. The molecule has 118 valence electrons. The van der Waals surface area contributed by atoms with E-state index in [4.69, 9.17) is 9.47 Å². The van der Waals surface area contributed by atoms with Crippen molar-refractivity contribution < 1.29 is 23.9 Å². The molecule has 1 N–H and O–H groups in total. The Bertz CT molecular complexity index is 546. The minimum absolute atomic E-state index is 0.0927. The topological polar surface area (TPSA) is 84.9 Å². The molecule has 0 aliphatic carbocycles. The summed E-state index contributed by atoms with van der Waals surface area (Å²) < 4.78 is 9.51. The first-order chi connectivity index (χ1) is 10.6. The van der Waals surface area contributed by atoms with E-state index in [1.807, 2.05) is 6.07 Å². The molecule has 1 saturated heterocycles. The molecule has 2 amide bonds. The lowest BCUT2D eigenvalue weighted by molar-refractivity contribution is -0.145. The summed E-state index contributed by atoms with van der Waals surface area (Å²) in [5.74, 6) is -0.876. The Morgan fingerprint density at radius 3 is 2.68 bits per heavy atom. The van der Waals surface area contributed by atoms with Gasteiger partial charge in [0.2, 0.25) is 5.91 Å². The Labute approximate surface area is 128 Å². The summed E-state index contributed by atoms with van der Waals surface area (Å²) in [5.41, 5.74) is 0.642. The lowest BCUT2D eigenvalue weighted by atomic mass is 10.1. The highest BCUT2D eigenvalue weighted by molar-refractivity contribution is 5.85. The quantitative estimate of drug-likeness (QED) is 0.788. The van der Waals surface area contributed by atoms with Crippen LogP contribution in [-0.4, -0.2) is 49.7 Å². The predicted molar refractivity (Wildman–Crippen MR) is 76.9 cm³/mol. The average Bonchev–Trinajstić information content (AvgIpc) is 2.96. The maximum Gasteiger partial charge on any atom is 0.409 e. The van der Waals surface area contributed by atoms with E-state index < -0.39 is 18.1 Å². The number of nitrogens with one attached hydrogen (secondary N) is 1. The zero-order chi connectivity index (χ0) is 15.9. The van der Waals surface area contributed by atoms with Crippen molar-refractivity contribution in [2.24, 2.45) is 0 Å². The number of hydrogen-bond donors (Lipinski definition) is 1. The normalized spacial score (nSPS) is 15.1. The fourth-order valence-electron chi connectivity index (χ4n) is 2.14. The second kappa shape index (κ2) is 7.44. The van der Waals surface area contributed by atoms with Gasteiger partial charge in [-0.25, -0.2) is 9.59 Å². The van der Waals surface area contributed by atoms with E-state index in [1.165, 1.54) is 12.0 Å². The van der Waals surface area contributed by atoms with Gasteiger partial charge in [0.05, 0.1) is 13.7 Å². The molecule has 0 saturated carbocycles. The third-order valence-electron chi connectivity index (χ3n) is 3.33. The monoisotopic (exact) mass is 306 g/mol. The number of amides is 2. The molecule has 7 nitrogen and oxygen atoms in total. The molecule has 7 heteroatoms. The first kappa shape index (κ1) is 15.8. The minimum atomic E-state index is -0.857. The number of carbonyl (C=O) groups is 3. The van der Waals surface area contributed by atoms with Crippen LogP contribution in [0.1, 0.15) is 18.0 Å². The Morgan fingerprint density at radius 2 is 2.09 bits per heavy atom. The van der Waals surface area contributed by atoms with Crippen LogP contribution in [0, 0.1) is 0 Å². The van der Waals surface area contributed by atoms with Gasteiger partial charge in [0.15, 0.2) is 6.04 Å². The molecular formula is C15H18N2O5.